The van der Waals surface area contributed by atoms with Crippen LogP contribution in [0.5, 0.6) is 0 Å². The van der Waals surface area contributed by atoms with Crippen molar-refractivity contribution in [1.82, 2.24) is 29.8 Å². The van der Waals surface area contributed by atoms with Crippen LogP contribution in [-0.2, 0) is 4.74 Å². The number of amides is 2. The number of halogens is 1. The minimum atomic E-state index is -0.624. The van der Waals surface area contributed by atoms with Gasteiger partial charge in [-0.1, -0.05) is 0 Å². The predicted octanol–water partition coefficient (Wildman–Crippen LogP) is 3.64. The molecule has 0 atom stereocenters. The number of carbonyl (C=O) groups is 2. The summed E-state index contributed by atoms with van der Waals surface area (Å²) >= 11 is 0. The highest BCUT2D eigenvalue weighted by atomic mass is 19.1. The zero-order valence-electron chi connectivity index (χ0n) is 20.0. The number of benzene rings is 1. The molecule has 0 spiro atoms. The number of rotatable bonds is 3. The second-order valence-electron chi connectivity index (χ2n) is 9.74. The molecule has 5 rings (SSSR count). The normalized spacial score (nSPS) is 14.4. The minimum Gasteiger partial charge on any atom is -0.444 e. The average Bonchev–Trinajstić information content (AvgIpc) is 3.32. The lowest BCUT2D eigenvalue weighted by atomic mass is 10.1. The molecule has 1 N–H and O–H groups in total. The molecule has 1 aliphatic heterocycles. The van der Waals surface area contributed by atoms with Gasteiger partial charge >= 0.3 is 12.0 Å². The topological polar surface area (TPSA) is 115 Å². The molecule has 4 aromatic rings. The van der Waals surface area contributed by atoms with E-state index in [4.69, 9.17) is 9.15 Å². The Kier molecular flexibility index (Phi) is 5.22. The molecule has 2 amide bonds. The summed E-state index contributed by atoms with van der Waals surface area (Å²) in [6.45, 7) is 9.76. The van der Waals surface area contributed by atoms with Gasteiger partial charge < -0.3 is 19.4 Å². The molecule has 10 nitrogen and oxygen atoms in total. The number of nitrogens with one attached hydrogen (secondary N) is 1. The summed E-state index contributed by atoms with van der Waals surface area (Å²) in [5, 5.41) is 7.27. The van der Waals surface area contributed by atoms with Crippen LogP contribution in [0.15, 0.2) is 28.8 Å². The second kappa shape index (κ2) is 8.03. The van der Waals surface area contributed by atoms with Crippen molar-refractivity contribution in [2.24, 2.45) is 0 Å². The summed E-state index contributed by atoms with van der Waals surface area (Å²) in [7, 11) is 0. The fourth-order valence-electron chi connectivity index (χ4n) is 3.91. The first-order valence-electron chi connectivity index (χ1n) is 11.2. The quantitative estimate of drug-likeness (QED) is 0.476. The molecule has 1 aromatic carbocycles. The second-order valence-corrected chi connectivity index (χ2v) is 9.74. The summed E-state index contributed by atoms with van der Waals surface area (Å²) < 4.78 is 27.4. The van der Waals surface area contributed by atoms with Crippen LogP contribution in [0.2, 0.25) is 0 Å². The smallest absolute Gasteiger partial charge is 0.410 e. The average molecular weight is 481 g/mol. The predicted molar refractivity (Wildman–Crippen MR) is 124 cm³/mol. The standard InChI is InChI=1S/C24H25FN6O4/c1-12-6-17(29-31-9-13(2)26-20(12)31)14-7-16(25)19-18(8-14)34-22(28-19)21(32)27-15-10-30(11-15)23(33)35-24(3,4)5/h6-9,15H,10-11H2,1-5H3,(H,27,32). The van der Waals surface area contributed by atoms with Crippen LogP contribution in [0.25, 0.3) is 28.0 Å². The van der Waals surface area contributed by atoms with Gasteiger partial charge in [0.25, 0.3) is 5.89 Å². The van der Waals surface area contributed by atoms with E-state index in [9.17, 15) is 14.0 Å². The monoisotopic (exact) mass is 480 g/mol. The molecule has 35 heavy (non-hydrogen) atoms. The van der Waals surface area contributed by atoms with Gasteiger partial charge in [0.05, 0.1) is 23.6 Å². The van der Waals surface area contributed by atoms with Crippen molar-refractivity contribution < 1.29 is 23.1 Å². The molecule has 0 unspecified atom stereocenters. The minimum absolute atomic E-state index is 0.0424. The van der Waals surface area contributed by atoms with Crippen LogP contribution < -0.4 is 5.32 Å². The lowest BCUT2D eigenvalue weighted by molar-refractivity contribution is 0.00520. The van der Waals surface area contributed by atoms with Gasteiger partial charge in [0.1, 0.15) is 11.1 Å². The molecule has 0 radical (unpaired) electrons. The number of likely N-dealkylation sites (tertiary alicyclic amines) is 1. The highest BCUT2D eigenvalue weighted by molar-refractivity contribution is 5.93. The van der Waals surface area contributed by atoms with Gasteiger partial charge in [-0.05, 0) is 58.4 Å². The molecule has 3 aromatic heterocycles. The van der Waals surface area contributed by atoms with Crippen molar-refractivity contribution in [3.63, 3.8) is 0 Å². The Morgan fingerprint density at radius 2 is 1.91 bits per heavy atom. The van der Waals surface area contributed by atoms with E-state index in [0.29, 0.717) is 24.3 Å². The van der Waals surface area contributed by atoms with Crippen LogP contribution >= 0.6 is 0 Å². The van der Waals surface area contributed by atoms with Gasteiger partial charge in [0, 0.05) is 18.7 Å². The maximum atomic E-state index is 14.9. The summed E-state index contributed by atoms with van der Waals surface area (Å²) in [6.07, 6.45) is 1.36. The van der Waals surface area contributed by atoms with Crippen molar-refractivity contribution in [2.75, 3.05) is 13.1 Å². The molecule has 4 heterocycles. The van der Waals surface area contributed by atoms with E-state index in [1.807, 2.05) is 19.9 Å². The first-order valence-corrected chi connectivity index (χ1v) is 11.2. The van der Waals surface area contributed by atoms with Gasteiger partial charge in [0.2, 0.25) is 0 Å². The Bertz CT molecular complexity index is 1480. The zero-order chi connectivity index (χ0) is 25.1. The summed E-state index contributed by atoms with van der Waals surface area (Å²) in [5.74, 6) is -1.46. The highest BCUT2D eigenvalue weighted by Gasteiger charge is 2.35. The van der Waals surface area contributed by atoms with Crippen LogP contribution in [-0.4, -0.2) is 61.2 Å². The zero-order valence-corrected chi connectivity index (χ0v) is 20.0. The van der Waals surface area contributed by atoms with Crippen molar-refractivity contribution in [1.29, 1.82) is 0 Å². The summed E-state index contributed by atoms with van der Waals surface area (Å²) in [4.78, 5) is 34.6. The Labute approximate surface area is 200 Å². The fraction of sp³-hybridized carbons (Fsp3) is 0.375. The third-order valence-electron chi connectivity index (χ3n) is 5.54. The van der Waals surface area contributed by atoms with E-state index in [1.54, 1.807) is 37.5 Å². The lowest BCUT2D eigenvalue weighted by Crippen LogP contribution is -2.61. The van der Waals surface area contributed by atoms with Crippen LogP contribution in [0.4, 0.5) is 9.18 Å². The number of nitrogens with zero attached hydrogens (tertiary/aromatic N) is 5. The van der Waals surface area contributed by atoms with E-state index >= 15 is 0 Å². The van der Waals surface area contributed by atoms with Crippen LogP contribution in [0, 0.1) is 19.7 Å². The van der Waals surface area contributed by atoms with E-state index in [0.717, 1.165) is 16.9 Å². The van der Waals surface area contributed by atoms with Gasteiger partial charge in [-0.2, -0.15) is 5.10 Å². The van der Waals surface area contributed by atoms with Crippen molar-refractivity contribution in [3.8, 4) is 11.3 Å². The van der Waals surface area contributed by atoms with Gasteiger partial charge in [-0.15, -0.1) is 0 Å². The Balaban J connectivity index is 1.33. The SMILES string of the molecule is Cc1cn2nc(-c3cc(F)c4nc(C(=O)NC5CN(C(=O)OC(C)(C)C)C5)oc4c3)cc(C)c2n1. The number of aryl methyl sites for hydroxylation is 2. The molecule has 182 valence electrons. The van der Waals surface area contributed by atoms with Crippen LogP contribution in [0.3, 0.4) is 0 Å². The Morgan fingerprint density at radius 1 is 1.17 bits per heavy atom. The molecule has 0 saturated carbocycles. The van der Waals surface area contributed by atoms with E-state index < -0.39 is 23.4 Å². The van der Waals surface area contributed by atoms with E-state index in [-0.39, 0.29) is 23.0 Å². The first-order chi connectivity index (χ1) is 16.5. The maximum absolute atomic E-state index is 14.9. The number of carbonyl (C=O) groups excluding carboxylic acids is 2. The number of imidazole rings is 1. The first kappa shape index (κ1) is 22.8. The van der Waals surface area contributed by atoms with E-state index in [1.165, 1.54) is 11.0 Å². The third-order valence-corrected chi connectivity index (χ3v) is 5.54. The maximum Gasteiger partial charge on any atom is 0.410 e. The number of aromatic nitrogens is 4. The van der Waals surface area contributed by atoms with E-state index in [2.05, 4.69) is 20.4 Å². The summed E-state index contributed by atoms with van der Waals surface area (Å²) in [5.41, 5.74) is 2.97. The fourth-order valence-corrected chi connectivity index (χ4v) is 3.91. The highest BCUT2D eigenvalue weighted by Crippen LogP contribution is 2.28. The molecule has 0 bridgehead atoms. The van der Waals surface area contributed by atoms with Gasteiger partial charge in [-0.3, -0.25) is 4.79 Å². The number of hydrogen-bond donors (Lipinski definition) is 1. The molecule has 1 aliphatic rings. The number of ether oxygens (including phenoxy) is 1. The molecule has 0 aliphatic carbocycles. The van der Waals surface area contributed by atoms with Crippen molar-refractivity contribution in [3.05, 3.63) is 47.4 Å². The van der Waals surface area contributed by atoms with Crippen molar-refractivity contribution in [2.45, 2.75) is 46.3 Å². The number of fused-ring (bicyclic) bond motifs is 2. The number of oxazole rings is 1. The van der Waals surface area contributed by atoms with Crippen LogP contribution in [0.1, 0.15) is 42.7 Å². The molecular formula is C24H25FN6O4. The number of hydrogen-bond acceptors (Lipinski definition) is 7. The van der Waals surface area contributed by atoms with Crippen molar-refractivity contribution >= 4 is 28.7 Å². The van der Waals surface area contributed by atoms with Gasteiger partial charge in [0.15, 0.2) is 17.0 Å². The molecule has 1 saturated heterocycles. The third kappa shape index (κ3) is 4.41. The summed E-state index contributed by atoms with van der Waals surface area (Å²) in [6, 6.07) is 4.46. The molecular weight excluding hydrogens is 455 g/mol. The largest absolute Gasteiger partial charge is 0.444 e. The lowest BCUT2D eigenvalue weighted by Gasteiger charge is -2.39. The Hall–Kier alpha value is -4.02. The van der Waals surface area contributed by atoms with Gasteiger partial charge in [-0.25, -0.2) is 23.7 Å². The molecule has 1 fully saturated rings. The molecule has 11 heteroatoms. The Morgan fingerprint density at radius 3 is 2.63 bits per heavy atom.